The van der Waals surface area contributed by atoms with Crippen LogP contribution >= 0.6 is 0 Å². The number of carbonyl (C=O) groups excluding carboxylic acids is 2. The van der Waals surface area contributed by atoms with Crippen LogP contribution in [0.2, 0.25) is 0 Å². The predicted molar refractivity (Wildman–Crippen MR) is 79.1 cm³/mol. The molecule has 0 bridgehead atoms. The summed E-state index contributed by atoms with van der Waals surface area (Å²) < 4.78 is 31.4. The van der Waals surface area contributed by atoms with Crippen LogP contribution in [0.5, 0.6) is 0 Å². The second-order valence-electron chi connectivity index (χ2n) is 5.12. The minimum atomic E-state index is -1.07. The maximum absolute atomic E-state index is 13.5. The van der Waals surface area contributed by atoms with Crippen molar-refractivity contribution in [2.24, 2.45) is 0 Å². The van der Waals surface area contributed by atoms with Gasteiger partial charge in [0.05, 0.1) is 5.56 Å². The van der Waals surface area contributed by atoms with E-state index in [0.29, 0.717) is 6.54 Å². The number of esters is 1. The molecular weight excluding hydrogens is 304 g/mol. The van der Waals surface area contributed by atoms with Gasteiger partial charge in [0.15, 0.2) is 6.61 Å². The van der Waals surface area contributed by atoms with E-state index in [9.17, 15) is 18.4 Å². The van der Waals surface area contributed by atoms with Crippen LogP contribution in [0, 0.1) is 11.6 Å². The van der Waals surface area contributed by atoms with Gasteiger partial charge in [-0.15, -0.1) is 0 Å². The third kappa shape index (κ3) is 3.06. The first-order valence-corrected chi connectivity index (χ1v) is 7.06. The lowest BCUT2D eigenvalue weighted by Crippen LogP contribution is -2.33. The molecule has 2 aromatic rings. The average Bonchev–Trinajstić information content (AvgIpc) is 2.98. The van der Waals surface area contributed by atoms with Gasteiger partial charge in [-0.1, -0.05) is 18.2 Å². The topological polar surface area (TPSA) is 46.6 Å². The SMILES string of the molecule is O=C(OCC(=O)N1CCc2ccccc21)c1cc(F)ccc1F. The van der Waals surface area contributed by atoms with Crippen molar-refractivity contribution in [3.8, 4) is 0 Å². The molecule has 1 heterocycles. The van der Waals surface area contributed by atoms with Crippen LogP contribution in [0.3, 0.4) is 0 Å². The van der Waals surface area contributed by atoms with Crippen LogP contribution in [-0.2, 0) is 16.0 Å². The van der Waals surface area contributed by atoms with Gasteiger partial charge in [-0.2, -0.15) is 0 Å². The number of carbonyl (C=O) groups is 2. The molecule has 0 aromatic heterocycles. The molecule has 2 aromatic carbocycles. The fraction of sp³-hybridized carbons (Fsp3) is 0.176. The molecule has 4 nitrogen and oxygen atoms in total. The van der Waals surface area contributed by atoms with E-state index < -0.39 is 35.7 Å². The van der Waals surface area contributed by atoms with Crippen LogP contribution in [0.1, 0.15) is 15.9 Å². The highest BCUT2D eigenvalue weighted by atomic mass is 19.1. The van der Waals surface area contributed by atoms with Gasteiger partial charge in [-0.3, -0.25) is 4.79 Å². The van der Waals surface area contributed by atoms with Gasteiger partial charge < -0.3 is 9.64 Å². The summed E-state index contributed by atoms with van der Waals surface area (Å²) in [6.45, 7) is -0.0207. The average molecular weight is 317 g/mol. The molecule has 0 N–H and O–H groups in total. The highest BCUT2D eigenvalue weighted by molar-refractivity contribution is 5.98. The minimum Gasteiger partial charge on any atom is -0.452 e. The second kappa shape index (κ2) is 6.16. The number of rotatable bonds is 3. The van der Waals surface area contributed by atoms with Gasteiger partial charge >= 0.3 is 5.97 Å². The number of nitrogens with zero attached hydrogens (tertiary/aromatic N) is 1. The number of ether oxygens (including phenoxy) is 1. The van der Waals surface area contributed by atoms with Gasteiger partial charge in [-0.05, 0) is 36.2 Å². The van der Waals surface area contributed by atoms with Crippen LogP contribution in [0.4, 0.5) is 14.5 Å². The Morgan fingerprint density at radius 1 is 1.13 bits per heavy atom. The van der Waals surface area contributed by atoms with Gasteiger partial charge in [0.1, 0.15) is 11.6 Å². The molecule has 0 radical (unpaired) electrons. The van der Waals surface area contributed by atoms with Crippen LogP contribution in [0.15, 0.2) is 42.5 Å². The molecule has 1 aliphatic rings. The number of para-hydroxylation sites is 1. The number of benzene rings is 2. The lowest BCUT2D eigenvalue weighted by molar-refractivity contribution is -0.121. The van der Waals surface area contributed by atoms with E-state index >= 15 is 0 Å². The molecule has 1 aliphatic heterocycles. The highest BCUT2D eigenvalue weighted by Gasteiger charge is 2.25. The first-order valence-electron chi connectivity index (χ1n) is 7.06. The molecule has 1 amide bonds. The molecule has 0 aliphatic carbocycles. The summed E-state index contributed by atoms with van der Waals surface area (Å²) in [4.78, 5) is 25.5. The van der Waals surface area contributed by atoms with E-state index in [4.69, 9.17) is 4.74 Å². The van der Waals surface area contributed by atoms with Crippen molar-refractivity contribution in [1.82, 2.24) is 0 Å². The van der Waals surface area contributed by atoms with E-state index in [2.05, 4.69) is 0 Å². The first-order chi connectivity index (χ1) is 11.1. The van der Waals surface area contributed by atoms with E-state index in [1.807, 2.05) is 24.3 Å². The number of halogens is 2. The summed E-state index contributed by atoms with van der Waals surface area (Å²) >= 11 is 0. The zero-order valence-electron chi connectivity index (χ0n) is 12.1. The monoisotopic (exact) mass is 317 g/mol. The van der Waals surface area contributed by atoms with Crippen molar-refractivity contribution in [2.75, 3.05) is 18.1 Å². The Bertz CT molecular complexity index is 776. The Kier molecular flexibility index (Phi) is 4.06. The van der Waals surface area contributed by atoms with Gasteiger partial charge in [-0.25, -0.2) is 13.6 Å². The quantitative estimate of drug-likeness (QED) is 0.818. The maximum Gasteiger partial charge on any atom is 0.341 e. The van der Waals surface area contributed by atoms with E-state index in [1.54, 1.807) is 0 Å². The molecular formula is C17H13F2NO3. The van der Waals surface area contributed by atoms with Crippen LogP contribution in [0.25, 0.3) is 0 Å². The number of amides is 1. The smallest absolute Gasteiger partial charge is 0.341 e. The minimum absolute atomic E-state index is 0.403. The molecule has 23 heavy (non-hydrogen) atoms. The Morgan fingerprint density at radius 3 is 2.74 bits per heavy atom. The van der Waals surface area contributed by atoms with Crippen molar-refractivity contribution in [3.63, 3.8) is 0 Å². The molecule has 0 saturated carbocycles. The highest BCUT2D eigenvalue weighted by Crippen LogP contribution is 2.27. The molecule has 0 atom stereocenters. The summed E-state index contributed by atoms with van der Waals surface area (Å²) in [7, 11) is 0. The second-order valence-corrected chi connectivity index (χ2v) is 5.12. The normalized spacial score (nSPS) is 12.9. The molecule has 0 spiro atoms. The molecule has 0 fully saturated rings. The Balaban J connectivity index is 1.66. The van der Waals surface area contributed by atoms with E-state index in [0.717, 1.165) is 35.9 Å². The fourth-order valence-corrected chi connectivity index (χ4v) is 2.53. The first kappa shape index (κ1) is 15.1. The number of fused-ring (bicyclic) bond motifs is 1. The van der Waals surface area contributed by atoms with Gasteiger partial charge in [0.2, 0.25) is 0 Å². The maximum atomic E-state index is 13.5. The molecule has 3 rings (SSSR count). The number of hydrogen-bond donors (Lipinski definition) is 0. The van der Waals surface area contributed by atoms with E-state index in [-0.39, 0.29) is 0 Å². The lowest BCUT2D eigenvalue weighted by atomic mass is 10.2. The zero-order chi connectivity index (χ0) is 16.4. The molecule has 0 unspecified atom stereocenters. The third-order valence-corrected chi connectivity index (χ3v) is 3.66. The largest absolute Gasteiger partial charge is 0.452 e. The van der Waals surface area contributed by atoms with Crippen molar-refractivity contribution in [1.29, 1.82) is 0 Å². The number of hydrogen-bond acceptors (Lipinski definition) is 3. The predicted octanol–water partition coefficient (Wildman–Crippen LogP) is 2.71. The Hall–Kier alpha value is -2.76. The van der Waals surface area contributed by atoms with Crippen LogP contribution in [-0.4, -0.2) is 25.0 Å². The number of anilines is 1. The van der Waals surface area contributed by atoms with Crippen molar-refractivity contribution >= 4 is 17.6 Å². The van der Waals surface area contributed by atoms with E-state index in [1.165, 1.54) is 4.90 Å². The van der Waals surface area contributed by atoms with Gasteiger partial charge in [0.25, 0.3) is 5.91 Å². The molecule has 118 valence electrons. The summed E-state index contributed by atoms with van der Waals surface area (Å²) in [6, 6.07) is 9.93. The van der Waals surface area contributed by atoms with Crippen molar-refractivity contribution < 1.29 is 23.1 Å². The molecule has 6 heteroatoms. The standard InChI is InChI=1S/C17H13F2NO3/c18-12-5-6-14(19)13(9-12)17(22)23-10-16(21)20-8-7-11-3-1-2-4-15(11)20/h1-6,9H,7-8,10H2. The third-order valence-electron chi connectivity index (χ3n) is 3.66. The summed E-state index contributed by atoms with van der Waals surface area (Å²) in [5.74, 6) is -3.11. The Morgan fingerprint density at radius 2 is 1.91 bits per heavy atom. The zero-order valence-corrected chi connectivity index (χ0v) is 12.1. The summed E-state index contributed by atoms with van der Waals surface area (Å²) in [5, 5.41) is 0. The summed E-state index contributed by atoms with van der Waals surface area (Å²) in [5.41, 5.74) is 1.30. The lowest BCUT2D eigenvalue weighted by Gasteiger charge is -2.17. The van der Waals surface area contributed by atoms with Gasteiger partial charge in [0, 0.05) is 12.2 Å². The van der Waals surface area contributed by atoms with Crippen LogP contribution < -0.4 is 4.90 Å². The van der Waals surface area contributed by atoms with Crippen molar-refractivity contribution in [3.05, 3.63) is 65.2 Å². The Labute approximate surface area is 131 Å². The van der Waals surface area contributed by atoms with Crippen molar-refractivity contribution in [2.45, 2.75) is 6.42 Å². The fourth-order valence-electron chi connectivity index (χ4n) is 2.53. The summed E-state index contributed by atoms with van der Waals surface area (Å²) in [6.07, 6.45) is 0.731. The molecule has 0 saturated heterocycles.